The zero-order valence-corrected chi connectivity index (χ0v) is 12.4. The van der Waals surface area contributed by atoms with Crippen LogP contribution in [0.2, 0.25) is 0 Å². The minimum atomic E-state index is -0.442. The van der Waals surface area contributed by atoms with Crippen molar-refractivity contribution in [2.75, 3.05) is 7.05 Å². The molecule has 0 bridgehead atoms. The normalized spacial score (nSPS) is 12.3. The van der Waals surface area contributed by atoms with Crippen LogP contribution in [0.15, 0.2) is 42.9 Å². The van der Waals surface area contributed by atoms with Crippen LogP contribution in [0.1, 0.15) is 18.5 Å². The summed E-state index contributed by atoms with van der Waals surface area (Å²) in [5.74, 6) is -0.0553. The maximum absolute atomic E-state index is 12.5. The molecule has 0 saturated carbocycles. The second kappa shape index (κ2) is 5.88. The van der Waals surface area contributed by atoms with Gasteiger partial charge in [0.05, 0.1) is 5.52 Å². The predicted octanol–water partition coefficient (Wildman–Crippen LogP) is 1.44. The van der Waals surface area contributed by atoms with Crippen LogP contribution >= 0.6 is 0 Å². The molecule has 0 radical (unpaired) electrons. The Balaban J connectivity index is 1.81. The van der Waals surface area contributed by atoms with Gasteiger partial charge in [-0.3, -0.25) is 9.78 Å². The average Bonchev–Trinajstić information content (AvgIpc) is 3.08. The molecule has 2 aromatic heterocycles. The Labute approximate surface area is 127 Å². The Kier molecular flexibility index (Phi) is 3.78. The van der Waals surface area contributed by atoms with Crippen molar-refractivity contribution < 1.29 is 4.79 Å². The molecule has 0 aliphatic heterocycles. The first-order valence-corrected chi connectivity index (χ1v) is 6.97. The van der Waals surface area contributed by atoms with Crippen LogP contribution in [0.5, 0.6) is 0 Å². The lowest BCUT2D eigenvalue weighted by Gasteiger charge is -2.21. The summed E-state index contributed by atoms with van der Waals surface area (Å²) in [6.07, 6.45) is 3.20. The summed E-state index contributed by atoms with van der Waals surface area (Å²) in [5, 5.41) is 12.0. The second-order valence-corrected chi connectivity index (χ2v) is 5.15. The highest BCUT2D eigenvalue weighted by atomic mass is 16.2. The lowest BCUT2D eigenvalue weighted by atomic mass is 10.1. The number of hydrogen-bond donors (Lipinski definition) is 0. The fourth-order valence-corrected chi connectivity index (χ4v) is 2.41. The molecule has 2 heterocycles. The molecule has 0 saturated heterocycles. The van der Waals surface area contributed by atoms with Gasteiger partial charge in [-0.15, -0.1) is 5.10 Å². The first-order valence-electron chi connectivity index (χ1n) is 6.97. The van der Waals surface area contributed by atoms with Crippen LogP contribution in [0, 0.1) is 0 Å². The van der Waals surface area contributed by atoms with Gasteiger partial charge in [0.15, 0.2) is 0 Å². The van der Waals surface area contributed by atoms with Crippen LogP contribution in [0.4, 0.5) is 0 Å². The molecule has 22 heavy (non-hydrogen) atoms. The van der Waals surface area contributed by atoms with E-state index in [0.29, 0.717) is 6.54 Å². The molecule has 112 valence electrons. The quantitative estimate of drug-likeness (QED) is 0.728. The molecule has 3 rings (SSSR count). The maximum atomic E-state index is 12.5. The van der Waals surface area contributed by atoms with E-state index in [-0.39, 0.29) is 5.91 Å². The number of amides is 1. The third-order valence-electron chi connectivity index (χ3n) is 3.62. The van der Waals surface area contributed by atoms with E-state index in [1.807, 2.05) is 30.3 Å². The van der Waals surface area contributed by atoms with E-state index in [1.54, 1.807) is 25.1 Å². The van der Waals surface area contributed by atoms with Gasteiger partial charge >= 0.3 is 0 Å². The molecule has 1 aromatic carbocycles. The molecule has 1 atom stereocenters. The third-order valence-corrected chi connectivity index (χ3v) is 3.62. The van der Waals surface area contributed by atoms with Gasteiger partial charge in [-0.1, -0.05) is 24.3 Å². The SMILES string of the molecule is C[C@@H](C(=O)N(C)Cc1cccc2cccnc12)n1cnnn1. The standard InChI is InChI=1S/C15H16N6O/c1-11(21-10-17-18-19-21)15(22)20(2)9-13-6-3-5-12-7-4-8-16-14(12)13/h3-8,10-11H,9H2,1-2H3/t11-/m0/s1. The summed E-state index contributed by atoms with van der Waals surface area (Å²) in [4.78, 5) is 18.5. The minimum absolute atomic E-state index is 0.0553. The van der Waals surface area contributed by atoms with Gasteiger partial charge < -0.3 is 4.90 Å². The molecular formula is C15H16N6O. The van der Waals surface area contributed by atoms with Crippen LogP contribution in [0.25, 0.3) is 10.9 Å². The van der Waals surface area contributed by atoms with Gasteiger partial charge in [-0.2, -0.15) is 0 Å². The smallest absolute Gasteiger partial charge is 0.247 e. The monoisotopic (exact) mass is 296 g/mol. The highest BCUT2D eigenvalue weighted by molar-refractivity contribution is 5.83. The molecule has 7 nitrogen and oxygen atoms in total. The summed E-state index contributed by atoms with van der Waals surface area (Å²) in [6.45, 7) is 2.26. The number of hydrogen-bond acceptors (Lipinski definition) is 5. The average molecular weight is 296 g/mol. The van der Waals surface area contributed by atoms with Crippen molar-refractivity contribution in [1.29, 1.82) is 0 Å². The second-order valence-electron chi connectivity index (χ2n) is 5.15. The topological polar surface area (TPSA) is 76.8 Å². The van der Waals surface area contributed by atoms with Crippen molar-refractivity contribution in [3.8, 4) is 0 Å². The summed E-state index contributed by atoms with van der Waals surface area (Å²) in [7, 11) is 1.77. The Hall–Kier alpha value is -2.83. The van der Waals surface area contributed by atoms with Crippen molar-refractivity contribution in [3.63, 3.8) is 0 Å². The predicted molar refractivity (Wildman–Crippen MR) is 80.7 cm³/mol. The van der Waals surface area contributed by atoms with E-state index in [9.17, 15) is 4.79 Å². The first kappa shape index (κ1) is 14.1. The van der Waals surface area contributed by atoms with Crippen molar-refractivity contribution in [2.45, 2.75) is 19.5 Å². The molecule has 7 heteroatoms. The molecular weight excluding hydrogens is 280 g/mol. The summed E-state index contributed by atoms with van der Waals surface area (Å²) >= 11 is 0. The van der Waals surface area contributed by atoms with Crippen molar-refractivity contribution >= 4 is 16.8 Å². The Morgan fingerprint density at radius 3 is 2.91 bits per heavy atom. The summed E-state index contributed by atoms with van der Waals surface area (Å²) < 4.78 is 1.44. The van der Waals surface area contributed by atoms with E-state index in [1.165, 1.54) is 11.0 Å². The number of tetrazole rings is 1. The number of benzene rings is 1. The number of rotatable bonds is 4. The number of fused-ring (bicyclic) bond motifs is 1. The number of aromatic nitrogens is 5. The number of carbonyl (C=O) groups excluding carboxylic acids is 1. The molecule has 3 aromatic rings. The largest absolute Gasteiger partial charge is 0.339 e. The number of para-hydroxylation sites is 1. The first-order chi connectivity index (χ1) is 10.7. The van der Waals surface area contributed by atoms with Crippen LogP contribution in [-0.4, -0.2) is 43.0 Å². The molecule has 0 fully saturated rings. The lowest BCUT2D eigenvalue weighted by Crippen LogP contribution is -2.33. The fourth-order valence-electron chi connectivity index (χ4n) is 2.41. The third kappa shape index (κ3) is 2.65. The van der Waals surface area contributed by atoms with Gasteiger partial charge in [0.25, 0.3) is 0 Å². The van der Waals surface area contributed by atoms with Crippen molar-refractivity contribution in [1.82, 2.24) is 30.1 Å². The van der Waals surface area contributed by atoms with E-state index < -0.39 is 6.04 Å². The summed E-state index contributed by atoms with van der Waals surface area (Å²) in [5.41, 5.74) is 1.93. The number of pyridine rings is 1. The van der Waals surface area contributed by atoms with Gasteiger partial charge in [-0.25, -0.2) is 4.68 Å². The number of nitrogens with zero attached hydrogens (tertiary/aromatic N) is 6. The van der Waals surface area contributed by atoms with Crippen molar-refractivity contribution in [2.24, 2.45) is 0 Å². The molecule has 0 unspecified atom stereocenters. The Morgan fingerprint density at radius 1 is 1.32 bits per heavy atom. The summed E-state index contributed by atoms with van der Waals surface area (Å²) in [6, 6.07) is 9.45. The van der Waals surface area contributed by atoms with E-state index >= 15 is 0 Å². The molecule has 0 aliphatic rings. The zero-order chi connectivity index (χ0) is 15.5. The minimum Gasteiger partial charge on any atom is -0.339 e. The van der Waals surface area contributed by atoms with E-state index in [2.05, 4.69) is 20.5 Å². The van der Waals surface area contributed by atoms with Crippen LogP contribution in [-0.2, 0) is 11.3 Å². The molecule has 1 amide bonds. The Bertz CT molecular complexity index is 780. The number of likely N-dealkylation sites (N-methyl/N-ethyl adjacent to an activating group) is 1. The van der Waals surface area contributed by atoms with Gasteiger partial charge in [-0.05, 0) is 29.0 Å². The highest BCUT2D eigenvalue weighted by Gasteiger charge is 2.20. The van der Waals surface area contributed by atoms with Gasteiger partial charge in [0.2, 0.25) is 5.91 Å². The van der Waals surface area contributed by atoms with E-state index in [4.69, 9.17) is 0 Å². The van der Waals surface area contributed by atoms with Crippen molar-refractivity contribution in [3.05, 3.63) is 48.4 Å². The fraction of sp³-hybridized carbons (Fsp3) is 0.267. The van der Waals surface area contributed by atoms with Crippen LogP contribution in [0.3, 0.4) is 0 Å². The zero-order valence-electron chi connectivity index (χ0n) is 12.4. The van der Waals surface area contributed by atoms with Gasteiger partial charge in [0.1, 0.15) is 12.4 Å². The highest BCUT2D eigenvalue weighted by Crippen LogP contribution is 2.18. The molecule has 0 aliphatic carbocycles. The lowest BCUT2D eigenvalue weighted by molar-refractivity contribution is -0.133. The Morgan fingerprint density at radius 2 is 2.14 bits per heavy atom. The van der Waals surface area contributed by atoms with Gasteiger partial charge in [0, 0.05) is 25.2 Å². The molecule has 0 spiro atoms. The number of carbonyl (C=O) groups is 1. The van der Waals surface area contributed by atoms with E-state index in [0.717, 1.165) is 16.5 Å². The van der Waals surface area contributed by atoms with Crippen LogP contribution < -0.4 is 0 Å². The molecule has 0 N–H and O–H groups in total. The maximum Gasteiger partial charge on any atom is 0.247 e.